The average molecular weight is 569 g/mol. The molecule has 0 unspecified atom stereocenters. The molecule has 41 heavy (non-hydrogen) atoms. The summed E-state index contributed by atoms with van der Waals surface area (Å²) in [7, 11) is 0. The Bertz CT molecular complexity index is 1160. The summed E-state index contributed by atoms with van der Waals surface area (Å²) in [6, 6.07) is 12.5. The van der Waals surface area contributed by atoms with Gasteiger partial charge in [-0.3, -0.25) is 19.2 Å². The maximum Gasteiger partial charge on any atom is 0.253 e. The van der Waals surface area contributed by atoms with Gasteiger partial charge in [0.1, 0.15) is 6.10 Å². The molecule has 0 aliphatic rings. The number of rotatable bonds is 16. The minimum atomic E-state index is -1.48. The van der Waals surface area contributed by atoms with Gasteiger partial charge in [-0.15, -0.1) is 0 Å². The molecule has 10 nitrogen and oxygen atoms in total. The molecule has 0 saturated heterocycles. The van der Waals surface area contributed by atoms with E-state index in [1.807, 2.05) is 58.0 Å². The van der Waals surface area contributed by atoms with Gasteiger partial charge in [-0.2, -0.15) is 0 Å². The van der Waals surface area contributed by atoms with Crippen LogP contribution in [0.15, 0.2) is 48.5 Å². The highest BCUT2D eigenvalue weighted by atomic mass is 16.3. The van der Waals surface area contributed by atoms with Crippen molar-refractivity contribution in [2.75, 3.05) is 13.1 Å². The Labute approximate surface area is 242 Å². The zero-order valence-corrected chi connectivity index (χ0v) is 24.4. The van der Waals surface area contributed by atoms with Crippen LogP contribution < -0.4 is 16.4 Å². The second-order valence-electron chi connectivity index (χ2n) is 10.7. The number of nitrogens with two attached hydrogens (primary N) is 1. The molecule has 4 amide bonds. The Morgan fingerprint density at radius 2 is 1.56 bits per heavy atom. The maximum atomic E-state index is 13.5. The van der Waals surface area contributed by atoms with Crippen LogP contribution in [0.25, 0.3) is 0 Å². The Kier molecular flexibility index (Phi) is 13.5. The zero-order valence-electron chi connectivity index (χ0n) is 24.4. The number of aliphatic hydroxyl groups is 2. The second-order valence-corrected chi connectivity index (χ2v) is 10.7. The van der Waals surface area contributed by atoms with E-state index in [4.69, 9.17) is 5.73 Å². The molecule has 2 rings (SSSR count). The topological polar surface area (TPSA) is 162 Å². The summed E-state index contributed by atoms with van der Waals surface area (Å²) >= 11 is 0. The molecule has 0 saturated carbocycles. The number of amides is 4. The van der Waals surface area contributed by atoms with Gasteiger partial charge in [0, 0.05) is 25.2 Å². The molecule has 224 valence electrons. The van der Waals surface area contributed by atoms with Crippen LogP contribution in [0.5, 0.6) is 0 Å². The van der Waals surface area contributed by atoms with Gasteiger partial charge in [-0.1, -0.05) is 58.0 Å². The minimum absolute atomic E-state index is 0.00854. The highest BCUT2D eigenvalue weighted by Crippen LogP contribution is 2.18. The maximum absolute atomic E-state index is 13.5. The molecule has 0 bridgehead atoms. The van der Waals surface area contributed by atoms with E-state index in [9.17, 15) is 29.4 Å². The lowest BCUT2D eigenvalue weighted by Crippen LogP contribution is -2.50. The van der Waals surface area contributed by atoms with E-state index < -0.39 is 36.0 Å². The number of aliphatic hydroxyl groups excluding tert-OH is 2. The molecule has 6 N–H and O–H groups in total. The highest BCUT2D eigenvalue weighted by Gasteiger charge is 2.31. The number of benzene rings is 2. The minimum Gasteiger partial charge on any atom is -0.390 e. The van der Waals surface area contributed by atoms with Crippen LogP contribution in [-0.4, -0.2) is 70.1 Å². The van der Waals surface area contributed by atoms with Crippen molar-refractivity contribution in [3.63, 3.8) is 0 Å². The third-order valence-corrected chi connectivity index (χ3v) is 6.63. The first-order chi connectivity index (χ1) is 19.5. The summed E-state index contributed by atoms with van der Waals surface area (Å²) < 4.78 is 0. The molecule has 0 spiro atoms. The lowest BCUT2D eigenvalue weighted by molar-refractivity contribution is -0.125. The van der Waals surface area contributed by atoms with Crippen LogP contribution in [0.4, 0.5) is 0 Å². The van der Waals surface area contributed by atoms with Gasteiger partial charge in [-0.25, -0.2) is 0 Å². The van der Waals surface area contributed by atoms with E-state index in [0.29, 0.717) is 13.1 Å². The molecular formula is C31H44N4O6. The van der Waals surface area contributed by atoms with Crippen molar-refractivity contribution in [2.24, 2.45) is 11.7 Å². The third kappa shape index (κ3) is 10.3. The number of nitrogens with zero attached hydrogens (tertiary/aromatic N) is 1. The first-order valence-corrected chi connectivity index (χ1v) is 14.2. The van der Waals surface area contributed by atoms with Gasteiger partial charge in [0.2, 0.25) is 11.8 Å². The largest absolute Gasteiger partial charge is 0.390 e. The molecule has 0 aromatic heterocycles. The lowest BCUT2D eigenvalue weighted by Gasteiger charge is -2.29. The highest BCUT2D eigenvalue weighted by molar-refractivity contribution is 6.08. The van der Waals surface area contributed by atoms with Gasteiger partial charge in [0.15, 0.2) is 0 Å². The van der Waals surface area contributed by atoms with Gasteiger partial charge in [-0.05, 0) is 48.9 Å². The molecule has 2 aromatic carbocycles. The zero-order chi connectivity index (χ0) is 30.5. The number of hydrogen-bond acceptors (Lipinski definition) is 6. The van der Waals surface area contributed by atoms with Gasteiger partial charge >= 0.3 is 0 Å². The first-order valence-electron chi connectivity index (χ1n) is 14.2. The molecular weight excluding hydrogens is 524 g/mol. The van der Waals surface area contributed by atoms with Gasteiger partial charge < -0.3 is 31.5 Å². The molecule has 3 atom stereocenters. The normalized spacial score (nSPS) is 13.2. The van der Waals surface area contributed by atoms with Crippen molar-refractivity contribution in [3.8, 4) is 0 Å². The molecule has 0 fully saturated rings. The Morgan fingerprint density at radius 3 is 2.12 bits per heavy atom. The number of carbonyl (C=O) groups excluding carboxylic acids is 4. The number of primary amides is 1. The van der Waals surface area contributed by atoms with Crippen molar-refractivity contribution in [1.82, 2.24) is 15.5 Å². The monoisotopic (exact) mass is 568 g/mol. The summed E-state index contributed by atoms with van der Waals surface area (Å²) in [4.78, 5) is 52.9. The van der Waals surface area contributed by atoms with E-state index in [2.05, 4.69) is 10.6 Å². The fraction of sp³-hybridized carbons (Fsp3) is 0.484. The van der Waals surface area contributed by atoms with E-state index in [1.54, 1.807) is 4.90 Å². The Hall–Kier alpha value is -3.76. The average Bonchev–Trinajstić information content (AvgIpc) is 2.94. The predicted octanol–water partition coefficient (Wildman–Crippen LogP) is 2.62. The second kappa shape index (κ2) is 16.5. The number of nitrogens with one attached hydrogen (secondary N) is 2. The van der Waals surface area contributed by atoms with Crippen LogP contribution in [0.3, 0.4) is 0 Å². The quantitative estimate of drug-likeness (QED) is 0.209. The van der Waals surface area contributed by atoms with E-state index in [1.165, 1.54) is 18.2 Å². The predicted molar refractivity (Wildman–Crippen MR) is 157 cm³/mol. The van der Waals surface area contributed by atoms with Crippen molar-refractivity contribution in [3.05, 3.63) is 70.8 Å². The van der Waals surface area contributed by atoms with Crippen molar-refractivity contribution in [2.45, 2.75) is 78.2 Å². The molecule has 0 aliphatic carbocycles. The smallest absolute Gasteiger partial charge is 0.253 e. The van der Waals surface area contributed by atoms with Crippen LogP contribution in [0.1, 0.15) is 90.0 Å². The van der Waals surface area contributed by atoms with Crippen LogP contribution in [0, 0.1) is 5.92 Å². The van der Waals surface area contributed by atoms with Crippen molar-refractivity contribution < 1.29 is 29.4 Å². The van der Waals surface area contributed by atoms with Crippen LogP contribution in [-0.2, 0) is 11.3 Å². The van der Waals surface area contributed by atoms with Gasteiger partial charge in [0.25, 0.3) is 11.8 Å². The van der Waals surface area contributed by atoms with Crippen molar-refractivity contribution >= 4 is 23.6 Å². The number of carbonyl (C=O) groups is 4. The molecule has 0 heterocycles. The fourth-order valence-electron chi connectivity index (χ4n) is 4.60. The molecule has 0 aliphatic heterocycles. The fourth-order valence-corrected chi connectivity index (χ4v) is 4.60. The third-order valence-electron chi connectivity index (χ3n) is 6.63. The lowest BCUT2D eigenvalue weighted by atomic mass is 9.93. The summed E-state index contributed by atoms with van der Waals surface area (Å²) in [6.07, 6.45) is -1.51. The standard InChI is InChI=1S/C31H44N4O6/c1-5-14-35(15-6-2)31(41)22-12-13-23(29(32)39)24(17-22)30(40)34-25(16-20(3)4)28(38)26(36)18-27(37)33-19-21-10-8-7-9-11-21/h7-13,17,20,25-26,28,36,38H,5-6,14-16,18-19H2,1-4H3,(H2,32,39)(H,33,37)(H,34,40)/t25-,26+,28+/m0/s1. The Balaban J connectivity index is 2.22. The molecule has 0 radical (unpaired) electrons. The summed E-state index contributed by atoms with van der Waals surface area (Å²) in [5.41, 5.74) is 6.47. The molecule has 2 aromatic rings. The Morgan fingerprint density at radius 1 is 0.927 bits per heavy atom. The van der Waals surface area contributed by atoms with Gasteiger partial charge in [0.05, 0.1) is 29.7 Å². The van der Waals surface area contributed by atoms with E-state index in [-0.39, 0.29) is 47.9 Å². The summed E-state index contributed by atoms with van der Waals surface area (Å²) in [6.45, 7) is 9.06. The van der Waals surface area contributed by atoms with Crippen molar-refractivity contribution in [1.29, 1.82) is 0 Å². The summed E-state index contributed by atoms with van der Waals surface area (Å²) in [5.74, 6) is -2.29. The van der Waals surface area contributed by atoms with Crippen LogP contribution >= 0.6 is 0 Å². The van der Waals surface area contributed by atoms with E-state index in [0.717, 1.165) is 18.4 Å². The summed E-state index contributed by atoms with van der Waals surface area (Å²) in [5, 5.41) is 27.1. The number of hydrogen-bond donors (Lipinski definition) is 5. The SMILES string of the molecule is CCCN(CCC)C(=O)c1ccc(C(N)=O)c(C(=O)N[C@@H](CC(C)C)[C@@H](O)[C@H](O)CC(=O)NCc2ccccc2)c1. The first kappa shape index (κ1) is 33.4. The van der Waals surface area contributed by atoms with Crippen LogP contribution in [0.2, 0.25) is 0 Å². The van der Waals surface area contributed by atoms with E-state index >= 15 is 0 Å². The molecule has 10 heteroatoms.